The molecule has 0 amide bonds. The van der Waals surface area contributed by atoms with Gasteiger partial charge >= 0.3 is 0 Å². The summed E-state index contributed by atoms with van der Waals surface area (Å²) in [6, 6.07) is 8.28. The second kappa shape index (κ2) is 6.87. The minimum atomic E-state index is 0.356. The molecule has 0 saturated carbocycles. The van der Waals surface area contributed by atoms with Gasteiger partial charge in [0.2, 0.25) is 11.8 Å². The zero-order valence-corrected chi connectivity index (χ0v) is 13.3. The van der Waals surface area contributed by atoms with Gasteiger partial charge in [-0.3, -0.25) is 0 Å². The molecule has 1 aromatic carbocycles. The van der Waals surface area contributed by atoms with Gasteiger partial charge in [0.05, 0.1) is 12.3 Å². The van der Waals surface area contributed by atoms with Gasteiger partial charge in [0.25, 0.3) is 0 Å². The maximum atomic E-state index is 5.93. The number of hydrogen-bond donors (Lipinski definition) is 1. The van der Waals surface area contributed by atoms with Crippen LogP contribution in [0.3, 0.4) is 0 Å². The molecule has 2 aromatic rings. The van der Waals surface area contributed by atoms with Crippen molar-refractivity contribution in [3.8, 4) is 17.5 Å². The van der Waals surface area contributed by atoms with E-state index in [9.17, 15) is 0 Å². The highest BCUT2D eigenvalue weighted by Crippen LogP contribution is 2.30. The van der Waals surface area contributed by atoms with E-state index in [2.05, 4.69) is 4.98 Å². The van der Waals surface area contributed by atoms with Crippen molar-refractivity contribution in [3.63, 3.8) is 0 Å². The number of anilines is 1. The molecule has 0 unspecified atom stereocenters. The molecule has 1 aromatic heterocycles. The number of rotatable bonds is 5. The molecule has 0 spiro atoms. The molecule has 2 N–H and O–H groups in total. The third kappa shape index (κ3) is 4.69. The number of halogens is 2. The van der Waals surface area contributed by atoms with Crippen molar-refractivity contribution >= 4 is 28.9 Å². The first kappa shape index (κ1) is 15.7. The summed E-state index contributed by atoms with van der Waals surface area (Å²) in [7, 11) is 0. The number of nitrogens with zero attached hydrogens (tertiary/aromatic N) is 1. The van der Waals surface area contributed by atoms with E-state index >= 15 is 0 Å². The minimum absolute atomic E-state index is 0.356. The number of aromatic nitrogens is 1. The van der Waals surface area contributed by atoms with Crippen molar-refractivity contribution in [2.24, 2.45) is 5.92 Å². The number of nitrogens with two attached hydrogens (primary N) is 1. The Morgan fingerprint density at radius 1 is 1.14 bits per heavy atom. The van der Waals surface area contributed by atoms with Crippen LogP contribution in [0.25, 0.3) is 0 Å². The van der Waals surface area contributed by atoms with Crippen molar-refractivity contribution in [1.29, 1.82) is 0 Å². The van der Waals surface area contributed by atoms with Gasteiger partial charge < -0.3 is 15.2 Å². The van der Waals surface area contributed by atoms with Crippen molar-refractivity contribution in [2.75, 3.05) is 12.3 Å². The first-order chi connectivity index (χ1) is 9.94. The molecule has 4 nitrogen and oxygen atoms in total. The van der Waals surface area contributed by atoms with Crippen LogP contribution in [-0.4, -0.2) is 11.6 Å². The normalized spacial score (nSPS) is 10.7. The summed E-state index contributed by atoms with van der Waals surface area (Å²) in [5.74, 6) is 1.60. The predicted molar refractivity (Wildman–Crippen MR) is 85.5 cm³/mol. The summed E-state index contributed by atoms with van der Waals surface area (Å²) in [4.78, 5) is 4.24. The second-order valence-corrected chi connectivity index (χ2v) is 5.83. The molecule has 2 rings (SSSR count). The lowest BCUT2D eigenvalue weighted by Crippen LogP contribution is -2.07. The van der Waals surface area contributed by atoms with Crippen molar-refractivity contribution < 1.29 is 9.47 Å². The average Bonchev–Trinajstić information content (AvgIpc) is 2.38. The number of nitrogen functional groups attached to an aromatic ring is 1. The van der Waals surface area contributed by atoms with Crippen LogP contribution in [-0.2, 0) is 0 Å². The summed E-state index contributed by atoms with van der Waals surface area (Å²) in [6.45, 7) is 4.62. The first-order valence-corrected chi connectivity index (χ1v) is 7.23. The van der Waals surface area contributed by atoms with E-state index in [4.69, 9.17) is 38.4 Å². The van der Waals surface area contributed by atoms with Gasteiger partial charge in [0, 0.05) is 16.1 Å². The molecule has 0 atom stereocenters. The maximum Gasteiger partial charge on any atom is 0.240 e. The summed E-state index contributed by atoms with van der Waals surface area (Å²) in [6.07, 6.45) is 0. The molecular formula is C15H16Cl2N2O2. The van der Waals surface area contributed by atoms with E-state index in [0.29, 0.717) is 45.8 Å². The smallest absolute Gasteiger partial charge is 0.240 e. The molecule has 1 heterocycles. The van der Waals surface area contributed by atoms with Crippen LogP contribution in [0.4, 0.5) is 5.69 Å². The van der Waals surface area contributed by atoms with Crippen LogP contribution in [0.15, 0.2) is 30.3 Å². The van der Waals surface area contributed by atoms with Crippen LogP contribution in [0.5, 0.6) is 17.5 Å². The fourth-order valence-corrected chi connectivity index (χ4v) is 2.07. The summed E-state index contributed by atoms with van der Waals surface area (Å²) in [5, 5.41) is 0.980. The van der Waals surface area contributed by atoms with E-state index in [0.717, 1.165) is 0 Å². The lowest BCUT2D eigenvalue weighted by molar-refractivity contribution is 0.260. The van der Waals surface area contributed by atoms with E-state index in [-0.39, 0.29) is 0 Å². The number of benzene rings is 1. The molecule has 0 bridgehead atoms. The van der Waals surface area contributed by atoms with Gasteiger partial charge in [-0.1, -0.05) is 37.0 Å². The monoisotopic (exact) mass is 326 g/mol. The molecule has 6 heteroatoms. The van der Waals surface area contributed by atoms with Gasteiger partial charge in [-0.05, 0) is 30.2 Å². The van der Waals surface area contributed by atoms with E-state index in [1.54, 1.807) is 30.3 Å². The fraction of sp³-hybridized carbons (Fsp3) is 0.267. The fourth-order valence-electron chi connectivity index (χ4n) is 1.56. The Morgan fingerprint density at radius 2 is 1.81 bits per heavy atom. The Labute approximate surface area is 133 Å². The van der Waals surface area contributed by atoms with Crippen LogP contribution in [0.2, 0.25) is 10.0 Å². The molecule has 0 saturated heterocycles. The Bertz CT molecular complexity index is 613. The molecule has 21 heavy (non-hydrogen) atoms. The van der Waals surface area contributed by atoms with E-state index in [1.165, 1.54) is 0 Å². The Kier molecular flexibility index (Phi) is 5.15. The molecule has 0 aliphatic heterocycles. The Hall–Kier alpha value is -1.65. The standard InChI is InChI=1S/C15H16Cl2N2O2/c1-9(2)8-20-15-13(18)3-4-14(19-15)21-12-6-10(16)5-11(17)7-12/h3-7,9H,8,18H2,1-2H3. The molecular weight excluding hydrogens is 311 g/mol. The van der Waals surface area contributed by atoms with Gasteiger partial charge in [0.15, 0.2) is 0 Å². The zero-order valence-electron chi connectivity index (χ0n) is 11.8. The average molecular weight is 327 g/mol. The van der Waals surface area contributed by atoms with E-state index < -0.39 is 0 Å². The quantitative estimate of drug-likeness (QED) is 0.857. The lowest BCUT2D eigenvalue weighted by atomic mass is 10.2. The van der Waals surface area contributed by atoms with Crippen LogP contribution in [0, 0.1) is 5.92 Å². The summed E-state index contributed by atoms with van der Waals surface area (Å²) >= 11 is 11.9. The topological polar surface area (TPSA) is 57.4 Å². The lowest BCUT2D eigenvalue weighted by Gasteiger charge is -2.12. The highest BCUT2D eigenvalue weighted by molar-refractivity contribution is 6.34. The van der Waals surface area contributed by atoms with E-state index in [1.807, 2.05) is 13.8 Å². The predicted octanol–water partition coefficient (Wildman–Crippen LogP) is 4.80. The molecule has 0 fully saturated rings. The van der Waals surface area contributed by atoms with Crippen molar-refractivity contribution in [3.05, 3.63) is 40.4 Å². The largest absolute Gasteiger partial charge is 0.476 e. The summed E-state index contributed by atoms with van der Waals surface area (Å²) in [5.41, 5.74) is 6.30. The molecule has 0 radical (unpaired) electrons. The van der Waals surface area contributed by atoms with Crippen LogP contribution in [0.1, 0.15) is 13.8 Å². The van der Waals surface area contributed by atoms with Crippen molar-refractivity contribution in [2.45, 2.75) is 13.8 Å². The Balaban J connectivity index is 2.18. The highest BCUT2D eigenvalue weighted by Gasteiger charge is 2.08. The van der Waals surface area contributed by atoms with Crippen LogP contribution >= 0.6 is 23.2 Å². The number of ether oxygens (including phenoxy) is 2. The zero-order chi connectivity index (χ0) is 15.4. The highest BCUT2D eigenvalue weighted by atomic mass is 35.5. The van der Waals surface area contributed by atoms with Gasteiger partial charge in [0.1, 0.15) is 5.75 Å². The second-order valence-electron chi connectivity index (χ2n) is 4.96. The molecule has 0 aliphatic rings. The molecule has 112 valence electrons. The van der Waals surface area contributed by atoms with Crippen LogP contribution < -0.4 is 15.2 Å². The minimum Gasteiger partial charge on any atom is -0.476 e. The number of hydrogen-bond acceptors (Lipinski definition) is 4. The summed E-state index contributed by atoms with van der Waals surface area (Å²) < 4.78 is 11.2. The third-order valence-corrected chi connectivity index (χ3v) is 2.91. The molecule has 0 aliphatic carbocycles. The van der Waals surface area contributed by atoms with Crippen molar-refractivity contribution in [1.82, 2.24) is 4.98 Å². The third-order valence-electron chi connectivity index (χ3n) is 2.48. The SMILES string of the molecule is CC(C)COc1nc(Oc2cc(Cl)cc(Cl)c2)ccc1N. The van der Waals surface area contributed by atoms with Gasteiger partial charge in [-0.15, -0.1) is 0 Å². The first-order valence-electron chi connectivity index (χ1n) is 6.47. The number of pyridine rings is 1. The Morgan fingerprint density at radius 3 is 2.43 bits per heavy atom. The van der Waals surface area contributed by atoms with Gasteiger partial charge in [-0.25, -0.2) is 0 Å². The van der Waals surface area contributed by atoms with Gasteiger partial charge in [-0.2, -0.15) is 4.98 Å². The maximum absolute atomic E-state index is 5.93.